The van der Waals surface area contributed by atoms with E-state index in [0.717, 1.165) is 11.1 Å². The lowest BCUT2D eigenvalue weighted by Crippen LogP contribution is -2.53. The molecular weight excluding hydrogens is 346 g/mol. The molecule has 144 valence electrons. The largest absolute Gasteiger partial charge is 0.445 e. The van der Waals surface area contributed by atoms with Crippen LogP contribution in [0.4, 0.5) is 9.59 Å². The number of hydrogen-bond acceptors (Lipinski definition) is 5. The van der Waals surface area contributed by atoms with E-state index in [2.05, 4.69) is 16.0 Å². The van der Waals surface area contributed by atoms with Crippen LogP contribution >= 0.6 is 0 Å². The van der Waals surface area contributed by atoms with Gasteiger partial charge in [0, 0.05) is 0 Å². The molecule has 2 unspecified atom stereocenters. The van der Waals surface area contributed by atoms with Crippen LogP contribution in [0.1, 0.15) is 25.0 Å². The molecule has 0 radical (unpaired) electrons. The van der Waals surface area contributed by atoms with Gasteiger partial charge in [0.25, 0.3) is 0 Å². The second-order valence-corrected chi connectivity index (χ2v) is 6.02. The number of benzene rings is 2. The molecule has 0 aromatic heterocycles. The number of rotatable bonds is 8. The van der Waals surface area contributed by atoms with E-state index in [1.807, 2.05) is 60.7 Å². The molecule has 0 heterocycles. The van der Waals surface area contributed by atoms with Gasteiger partial charge in [-0.3, -0.25) is 5.32 Å². The van der Waals surface area contributed by atoms with Crippen molar-refractivity contribution in [2.45, 2.75) is 39.4 Å². The Hall–Kier alpha value is -3.06. The number of carbonyl (C=O) groups is 2. The Morgan fingerprint density at radius 3 is 1.48 bits per heavy atom. The van der Waals surface area contributed by atoms with E-state index in [1.54, 1.807) is 13.8 Å². The highest BCUT2D eigenvalue weighted by Crippen LogP contribution is 2.01. The lowest BCUT2D eigenvalue weighted by molar-refractivity contribution is 0.128. The van der Waals surface area contributed by atoms with Gasteiger partial charge in [-0.15, -0.1) is 0 Å². The zero-order valence-electron chi connectivity index (χ0n) is 15.5. The predicted molar refractivity (Wildman–Crippen MR) is 102 cm³/mol. The lowest BCUT2D eigenvalue weighted by Gasteiger charge is -2.21. The van der Waals surface area contributed by atoms with Gasteiger partial charge in [0.1, 0.15) is 13.2 Å². The van der Waals surface area contributed by atoms with E-state index >= 15 is 0 Å². The van der Waals surface area contributed by atoms with Crippen LogP contribution in [-0.4, -0.2) is 24.5 Å². The minimum atomic E-state index is -0.544. The Bertz CT molecular complexity index is 648. The van der Waals surface area contributed by atoms with Crippen molar-refractivity contribution in [3.8, 4) is 0 Å². The highest BCUT2D eigenvalue weighted by Gasteiger charge is 2.13. The van der Waals surface area contributed by atoms with Crippen LogP contribution in [0.3, 0.4) is 0 Å². The molecule has 0 fully saturated rings. The maximum atomic E-state index is 11.8. The molecule has 0 aliphatic heterocycles. The first-order valence-electron chi connectivity index (χ1n) is 8.73. The lowest BCUT2D eigenvalue weighted by atomic mass is 10.2. The number of amides is 2. The molecule has 2 rings (SSSR count). The predicted octanol–water partition coefficient (Wildman–Crippen LogP) is 3.12. The van der Waals surface area contributed by atoms with Crippen molar-refractivity contribution < 1.29 is 19.1 Å². The maximum absolute atomic E-state index is 11.8. The summed E-state index contributed by atoms with van der Waals surface area (Å²) >= 11 is 0. The van der Waals surface area contributed by atoms with E-state index in [4.69, 9.17) is 9.47 Å². The van der Waals surface area contributed by atoms with Crippen molar-refractivity contribution in [3.05, 3.63) is 71.8 Å². The third-order valence-corrected chi connectivity index (χ3v) is 3.59. The van der Waals surface area contributed by atoms with Gasteiger partial charge in [-0.2, -0.15) is 0 Å². The van der Waals surface area contributed by atoms with Crippen LogP contribution in [0.25, 0.3) is 0 Å². The monoisotopic (exact) mass is 371 g/mol. The molecule has 0 bridgehead atoms. The van der Waals surface area contributed by atoms with Crippen LogP contribution in [0.2, 0.25) is 0 Å². The fourth-order valence-corrected chi connectivity index (χ4v) is 2.34. The SMILES string of the molecule is CC(NC(=O)OCc1ccccc1)NC(C)NC(=O)OCc1ccccc1. The van der Waals surface area contributed by atoms with E-state index in [0.29, 0.717) is 0 Å². The second kappa shape index (κ2) is 10.8. The van der Waals surface area contributed by atoms with Crippen molar-refractivity contribution in [3.63, 3.8) is 0 Å². The second-order valence-electron chi connectivity index (χ2n) is 6.02. The maximum Gasteiger partial charge on any atom is 0.408 e. The Labute approximate surface area is 159 Å². The van der Waals surface area contributed by atoms with Crippen LogP contribution in [0.15, 0.2) is 60.7 Å². The Balaban J connectivity index is 1.63. The highest BCUT2D eigenvalue weighted by atomic mass is 16.6. The van der Waals surface area contributed by atoms with Gasteiger partial charge in [0.2, 0.25) is 0 Å². The van der Waals surface area contributed by atoms with Gasteiger partial charge in [0.05, 0.1) is 12.3 Å². The Kier molecular flexibility index (Phi) is 8.12. The zero-order chi connectivity index (χ0) is 19.5. The van der Waals surface area contributed by atoms with Gasteiger partial charge in [-0.1, -0.05) is 60.7 Å². The highest BCUT2D eigenvalue weighted by molar-refractivity contribution is 5.68. The molecular formula is C20H25N3O4. The molecule has 2 atom stereocenters. The van der Waals surface area contributed by atoms with Crippen molar-refractivity contribution in [1.29, 1.82) is 0 Å². The molecule has 0 saturated carbocycles. The third-order valence-electron chi connectivity index (χ3n) is 3.59. The summed E-state index contributed by atoms with van der Waals surface area (Å²) < 4.78 is 10.3. The van der Waals surface area contributed by atoms with Gasteiger partial charge < -0.3 is 20.1 Å². The first-order valence-corrected chi connectivity index (χ1v) is 8.73. The summed E-state index contributed by atoms with van der Waals surface area (Å²) in [7, 11) is 0. The van der Waals surface area contributed by atoms with Crippen LogP contribution < -0.4 is 16.0 Å². The number of carbonyl (C=O) groups excluding carboxylic acids is 2. The molecule has 0 aliphatic carbocycles. The Morgan fingerprint density at radius 2 is 1.11 bits per heavy atom. The summed E-state index contributed by atoms with van der Waals surface area (Å²) in [6, 6.07) is 18.8. The van der Waals surface area contributed by atoms with Crippen LogP contribution in [0.5, 0.6) is 0 Å². The molecule has 2 amide bonds. The fraction of sp³-hybridized carbons (Fsp3) is 0.300. The zero-order valence-corrected chi connectivity index (χ0v) is 15.5. The molecule has 0 aliphatic rings. The molecule has 0 spiro atoms. The number of alkyl carbamates (subject to hydrolysis) is 2. The molecule has 3 N–H and O–H groups in total. The van der Waals surface area contributed by atoms with Crippen molar-refractivity contribution in [2.24, 2.45) is 0 Å². The normalized spacial score (nSPS) is 12.5. The summed E-state index contributed by atoms with van der Waals surface area (Å²) in [5.41, 5.74) is 1.81. The summed E-state index contributed by atoms with van der Waals surface area (Å²) in [6.07, 6.45) is -1.90. The van der Waals surface area contributed by atoms with Crippen LogP contribution in [0, 0.1) is 0 Å². The standard InChI is InChI=1S/C20H25N3O4/c1-15(22-19(24)26-13-17-9-5-3-6-10-17)21-16(2)23-20(25)27-14-18-11-7-4-8-12-18/h3-12,15-16,21H,13-14H2,1-2H3,(H,22,24)(H,23,25). The third kappa shape index (κ3) is 8.24. The minimum Gasteiger partial charge on any atom is -0.445 e. The number of ether oxygens (including phenoxy) is 2. The smallest absolute Gasteiger partial charge is 0.408 e. The quantitative estimate of drug-likeness (QED) is 0.621. The first-order chi connectivity index (χ1) is 13.0. The number of nitrogens with one attached hydrogen (secondary N) is 3. The van der Waals surface area contributed by atoms with Crippen molar-refractivity contribution >= 4 is 12.2 Å². The fourth-order valence-electron chi connectivity index (χ4n) is 2.34. The summed E-state index contributed by atoms with van der Waals surface area (Å²) in [6.45, 7) is 3.88. The van der Waals surface area contributed by atoms with E-state index in [1.165, 1.54) is 0 Å². The molecule has 27 heavy (non-hydrogen) atoms. The topological polar surface area (TPSA) is 88.7 Å². The molecule has 7 heteroatoms. The summed E-state index contributed by atoms with van der Waals surface area (Å²) in [5.74, 6) is 0. The van der Waals surface area contributed by atoms with Gasteiger partial charge >= 0.3 is 12.2 Å². The molecule has 7 nitrogen and oxygen atoms in total. The van der Waals surface area contributed by atoms with Gasteiger partial charge in [-0.05, 0) is 25.0 Å². The van der Waals surface area contributed by atoms with E-state index in [-0.39, 0.29) is 13.2 Å². The molecule has 2 aromatic rings. The molecule has 2 aromatic carbocycles. The number of hydrogen-bond donors (Lipinski definition) is 3. The average molecular weight is 371 g/mol. The Morgan fingerprint density at radius 1 is 0.741 bits per heavy atom. The van der Waals surface area contributed by atoms with Gasteiger partial charge in [-0.25, -0.2) is 9.59 Å². The van der Waals surface area contributed by atoms with Crippen molar-refractivity contribution in [2.75, 3.05) is 0 Å². The summed E-state index contributed by atoms with van der Waals surface area (Å²) in [4.78, 5) is 23.6. The van der Waals surface area contributed by atoms with Gasteiger partial charge in [0.15, 0.2) is 0 Å². The minimum absolute atomic E-state index is 0.193. The van der Waals surface area contributed by atoms with Crippen LogP contribution in [-0.2, 0) is 22.7 Å². The average Bonchev–Trinajstić information content (AvgIpc) is 2.66. The van der Waals surface area contributed by atoms with Crippen molar-refractivity contribution in [1.82, 2.24) is 16.0 Å². The first kappa shape index (κ1) is 20.3. The molecule has 0 saturated heterocycles. The van der Waals surface area contributed by atoms with E-state index < -0.39 is 24.5 Å². The summed E-state index contributed by atoms with van der Waals surface area (Å²) in [5, 5.41) is 8.31. The van der Waals surface area contributed by atoms with E-state index in [9.17, 15) is 9.59 Å².